The Bertz CT molecular complexity index is 667. The Morgan fingerprint density at radius 1 is 1.43 bits per heavy atom. The fourth-order valence-electron chi connectivity index (χ4n) is 4.61. The lowest BCUT2D eigenvalue weighted by Gasteiger charge is -2.39. The lowest BCUT2D eigenvalue weighted by atomic mass is 9.75. The topological polar surface area (TPSA) is 41.6 Å². The van der Waals surface area contributed by atoms with Gasteiger partial charge in [0.25, 0.3) is 0 Å². The van der Waals surface area contributed by atoms with Gasteiger partial charge in [0.05, 0.1) is 15.2 Å². The highest BCUT2D eigenvalue weighted by molar-refractivity contribution is 6.81. The quantitative estimate of drug-likeness (QED) is 0.679. The second-order valence-electron chi connectivity index (χ2n) is 7.74. The third kappa shape index (κ3) is 2.06. The smallest absolute Gasteiger partial charge is 0.225 e. The van der Waals surface area contributed by atoms with Crippen molar-refractivity contribution in [2.75, 3.05) is 19.5 Å². The van der Waals surface area contributed by atoms with Gasteiger partial charge in [-0.15, -0.1) is 6.58 Å². The minimum absolute atomic E-state index is 0.00756. The number of methoxy groups -OCH3 is 1. The van der Waals surface area contributed by atoms with E-state index in [1.807, 2.05) is 24.1 Å². The lowest BCUT2D eigenvalue weighted by Crippen LogP contribution is -2.47. The average molecular weight is 331 g/mol. The predicted octanol–water partition coefficient (Wildman–Crippen LogP) is 3.44. The Balaban J connectivity index is 2.27. The first-order valence-corrected chi connectivity index (χ1v) is 11.7. The van der Waals surface area contributed by atoms with Gasteiger partial charge in [-0.2, -0.15) is 0 Å². The first-order chi connectivity index (χ1) is 10.8. The maximum absolute atomic E-state index is 13.1. The van der Waals surface area contributed by atoms with Crippen molar-refractivity contribution in [1.29, 1.82) is 0 Å². The summed E-state index contributed by atoms with van der Waals surface area (Å²) in [6.45, 7) is 10.8. The zero-order valence-corrected chi connectivity index (χ0v) is 15.6. The van der Waals surface area contributed by atoms with Crippen LogP contribution in [0.5, 0.6) is 5.75 Å². The van der Waals surface area contributed by atoms with Crippen molar-refractivity contribution in [3.05, 3.63) is 36.4 Å². The maximum atomic E-state index is 13.1. The van der Waals surface area contributed by atoms with Crippen molar-refractivity contribution in [1.82, 2.24) is 4.90 Å². The van der Waals surface area contributed by atoms with E-state index in [0.717, 1.165) is 17.9 Å². The molecule has 1 aromatic carbocycles. The van der Waals surface area contributed by atoms with Crippen LogP contribution in [-0.2, 0) is 10.2 Å². The summed E-state index contributed by atoms with van der Waals surface area (Å²) in [6, 6.07) is 6.14. The van der Waals surface area contributed by atoms with E-state index in [4.69, 9.17) is 4.74 Å². The Morgan fingerprint density at radius 2 is 2.13 bits per heavy atom. The number of amides is 1. The van der Waals surface area contributed by atoms with Gasteiger partial charge in [-0.3, -0.25) is 4.79 Å². The van der Waals surface area contributed by atoms with Crippen LogP contribution in [0.2, 0.25) is 25.2 Å². The van der Waals surface area contributed by atoms with Crippen LogP contribution in [0.4, 0.5) is 5.69 Å². The fraction of sp³-hybridized carbons (Fsp3) is 0.500. The Morgan fingerprint density at radius 3 is 2.70 bits per heavy atom. The molecule has 3 atom stereocenters. The first kappa shape index (κ1) is 16.1. The number of carbonyl (C=O) groups is 1. The van der Waals surface area contributed by atoms with E-state index in [1.54, 1.807) is 7.11 Å². The highest BCUT2D eigenvalue weighted by Crippen LogP contribution is 2.60. The van der Waals surface area contributed by atoms with E-state index in [-0.39, 0.29) is 23.0 Å². The minimum Gasteiger partial charge on any atom is -0.497 e. The monoisotopic (exact) mass is 330 g/mol. The molecule has 0 radical (unpaired) electrons. The number of hydrogen-bond donors (Lipinski definition) is 1. The predicted molar refractivity (Wildman–Crippen MR) is 96.8 cm³/mol. The van der Waals surface area contributed by atoms with E-state index in [0.29, 0.717) is 0 Å². The number of fused-ring (bicyclic) bond motifs is 3. The first-order valence-electron chi connectivity index (χ1n) is 8.10. The van der Waals surface area contributed by atoms with Crippen molar-refractivity contribution in [3.63, 3.8) is 0 Å². The summed E-state index contributed by atoms with van der Waals surface area (Å²) >= 11 is 0. The van der Waals surface area contributed by atoms with Crippen molar-refractivity contribution in [2.24, 2.45) is 0 Å². The second-order valence-corrected chi connectivity index (χ2v) is 13.0. The van der Waals surface area contributed by atoms with Gasteiger partial charge in [0.15, 0.2) is 0 Å². The highest BCUT2D eigenvalue weighted by Gasteiger charge is 2.65. The molecule has 2 aliphatic rings. The Kier molecular flexibility index (Phi) is 3.59. The number of nitrogens with zero attached hydrogens (tertiary/aromatic N) is 1. The van der Waals surface area contributed by atoms with Gasteiger partial charge in [0.1, 0.15) is 11.9 Å². The lowest BCUT2D eigenvalue weighted by molar-refractivity contribution is -0.127. The summed E-state index contributed by atoms with van der Waals surface area (Å²) in [4.78, 5) is 15.0. The number of benzene rings is 1. The number of hydrogen-bond acceptors (Lipinski definition) is 3. The Labute approximate surface area is 139 Å². The van der Waals surface area contributed by atoms with Crippen LogP contribution < -0.4 is 10.1 Å². The zero-order valence-electron chi connectivity index (χ0n) is 14.6. The molecular formula is C18H26N2O2Si. The molecule has 4 nitrogen and oxygen atoms in total. The van der Waals surface area contributed by atoms with Crippen LogP contribution in [0, 0.1) is 0 Å². The summed E-state index contributed by atoms with van der Waals surface area (Å²) < 4.78 is 5.44. The molecule has 0 aromatic heterocycles. The molecule has 23 heavy (non-hydrogen) atoms. The normalized spacial score (nSPS) is 29.1. The summed E-state index contributed by atoms with van der Waals surface area (Å²) in [5, 5.41) is 3.58. The molecule has 0 aliphatic carbocycles. The molecule has 0 bridgehead atoms. The molecule has 1 amide bonds. The van der Waals surface area contributed by atoms with Crippen LogP contribution in [0.3, 0.4) is 0 Å². The molecule has 1 aromatic rings. The number of carbonyl (C=O) groups excluding carboxylic acids is 1. The molecule has 0 spiro atoms. The second kappa shape index (κ2) is 5.13. The van der Waals surface area contributed by atoms with E-state index < -0.39 is 8.07 Å². The number of ether oxygens (including phenoxy) is 1. The van der Waals surface area contributed by atoms with Crippen molar-refractivity contribution in [3.8, 4) is 5.75 Å². The van der Waals surface area contributed by atoms with Crippen molar-refractivity contribution < 1.29 is 9.53 Å². The van der Waals surface area contributed by atoms with E-state index in [9.17, 15) is 4.79 Å². The maximum Gasteiger partial charge on any atom is 0.225 e. The van der Waals surface area contributed by atoms with Crippen LogP contribution >= 0.6 is 0 Å². The largest absolute Gasteiger partial charge is 0.497 e. The minimum atomic E-state index is -1.74. The fourth-order valence-corrected chi connectivity index (χ4v) is 7.53. The molecule has 2 heterocycles. The van der Waals surface area contributed by atoms with Gasteiger partial charge in [-0.1, -0.05) is 25.7 Å². The summed E-state index contributed by atoms with van der Waals surface area (Å²) in [5.41, 5.74) is 2.10. The number of nitrogens with one attached hydrogen (secondary N) is 1. The molecular weight excluding hydrogens is 304 g/mol. The summed E-state index contributed by atoms with van der Waals surface area (Å²) in [7, 11) is 1.86. The van der Waals surface area contributed by atoms with Gasteiger partial charge in [0.2, 0.25) is 5.91 Å². The van der Waals surface area contributed by atoms with Crippen LogP contribution in [0.25, 0.3) is 0 Å². The molecule has 2 aliphatic heterocycles. The van der Waals surface area contributed by atoms with Gasteiger partial charge in [0, 0.05) is 23.7 Å². The molecule has 0 unspecified atom stereocenters. The SMILES string of the molecule is C=CC[C@]12c3cc(OC)ccc3N[C@H]1N(C)C(=O)[C@H]2[Si](C)(C)C. The third-order valence-electron chi connectivity index (χ3n) is 5.35. The van der Waals surface area contributed by atoms with Crippen LogP contribution in [0.15, 0.2) is 30.9 Å². The number of likely N-dealkylation sites (tertiary alicyclic amines) is 1. The van der Waals surface area contributed by atoms with E-state index >= 15 is 0 Å². The van der Waals surface area contributed by atoms with Gasteiger partial charge < -0.3 is 15.0 Å². The molecule has 1 saturated heterocycles. The summed E-state index contributed by atoms with van der Waals surface area (Å²) in [5.74, 6) is 1.10. The zero-order chi connectivity index (χ0) is 17.0. The Hall–Kier alpha value is -1.75. The number of likely N-dealkylation sites (N-methyl/N-ethyl adjacent to an activating group) is 1. The van der Waals surface area contributed by atoms with Gasteiger partial charge >= 0.3 is 0 Å². The van der Waals surface area contributed by atoms with Gasteiger partial charge in [-0.25, -0.2) is 0 Å². The van der Waals surface area contributed by atoms with Crippen molar-refractivity contribution >= 4 is 19.7 Å². The number of rotatable bonds is 4. The highest BCUT2D eigenvalue weighted by atomic mass is 28.3. The third-order valence-corrected chi connectivity index (χ3v) is 7.85. The van der Waals surface area contributed by atoms with E-state index in [1.165, 1.54) is 5.56 Å². The summed E-state index contributed by atoms with van der Waals surface area (Å²) in [6.07, 6.45) is 2.74. The molecule has 1 N–H and O–H groups in total. The molecule has 0 saturated carbocycles. The van der Waals surface area contributed by atoms with Crippen molar-refractivity contribution in [2.45, 2.75) is 43.2 Å². The molecule has 5 heteroatoms. The standard InChI is InChI=1S/C18H26N2O2Si/c1-7-10-18-13-11-12(22-3)8-9-14(13)19-17(18)20(2)16(21)15(18)23(4,5)6/h7-9,11,15,17,19H,1,10H2,2-6H3/t15-,17+,18-/m1/s1. The molecule has 124 valence electrons. The van der Waals surface area contributed by atoms with Crippen LogP contribution in [0.1, 0.15) is 12.0 Å². The average Bonchev–Trinajstić information content (AvgIpc) is 2.89. The van der Waals surface area contributed by atoms with Crippen LogP contribution in [-0.4, -0.2) is 39.2 Å². The van der Waals surface area contributed by atoms with E-state index in [2.05, 4.69) is 43.7 Å². The number of anilines is 1. The molecule has 1 fully saturated rings. The molecule has 3 rings (SSSR count). The van der Waals surface area contributed by atoms with Gasteiger partial charge in [-0.05, 0) is 30.2 Å². The number of allylic oxidation sites excluding steroid dienone is 1.